The molecule has 1 aliphatic heterocycles. The molecule has 1 aliphatic rings. The van der Waals surface area contributed by atoms with Crippen LogP contribution in [-0.4, -0.2) is 35.2 Å². The van der Waals surface area contributed by atoms with Crippen molar-refractivity contribution in [2.24, 2.45) is 5.73 Å². The van der Waals surface area contributed by atoms with Crippen LogP contribution in [0.1, 0.15) is 31.5 Å². The van der Waals surface area contributed by atoms with Gasteiger partial charge in [0.15, 0.2) is 5.82 Å². The maximum atomic E-state index is 6.31. The number of hydrogen-bond donors (Lipinski definition) is 1. The van der Waals surface area contributed by atoms with Crippen LogP contribution >= 0.6 is 0 Å². The van der Waals surface area contributed by atoms with Crippen molar-refractivity contribution in [3.63, 3.8) is 0 Å². The average Bonchev–Trinajstić information content (AvgIpc) is 2.66. The number of aryl methyl sites for hydroxylation is 1. The van der Waals surface area contributed by atoms with Gasteiger partial charge in [-0.15, -0.1) is 0 Å². The Morgan fingerprint density at radius 3 is 3.00 bits per heavy atom. The molecule has 0 aliphatic carbocycles. The number of aromatic nitrogens is 2. The minimum absolute atomic E-state index is 0.427. The number of hydrogen-bond acceptors (Lipinski definition) is 5. The molecule has 0 radical (unpaired) electrons. The lowest BCUT2D eigenvalue weighted by atomic mass is 9.90. The summed E-state index contributed by atoms with van der Waals surface area (Å²) in [6, 6.07) is 0. The number of nitrogens with two attached hydrogens (primary N) is 1. The standard InChI is InChI=1S/C10H18N4O/c1-3-8-12-9(13-15-8)10(11)5-4-6-14(2)7-10/h3-7,11H2,1-2H3. The maximum Gasteiger partial charge on any atom is 0.226 e. The monoisotopic (exact) mass is 210 g/mol. The summed E-state index contributed by atoms with van der Waals surface area (Å²) in [5.74, 6) is 1.33. The summed E-state index contributed by atoms with van der Waals surface area (Å²) in [5, 5.41) is 3.98. The summed E-state index contributed by atoms with van der Waals surface area (Å²) in [4.78, 5) is 6.54. The summed E-state index contributed by atoms with van der Waals surface area (Å²) in [6.07, 6.45) is 2.78. The Bertz CT molecular complexity index is 338. The first-order valence-electron chi connectivity index (χ1n) is 5.44. The van der Waals surface area contributed by atoms with Crippen molar-refractivity contribution in [1.29, 1.82) is 0 Å². The number of nitrogens with zero attached hydrogens (tertiary/aromatic N) is 3. The third-order valence-corrected chi connectivity index (χ3v) is 2.93. The van der Waals surface area contributed by atoms with Crippen molar-refractivity contribution in [2.45, 2.75) is 31.7 Å². The summed E-state index contributed by atoms with van der Waals surface area (Å²) in [7, 11) is 2.07. The molecule has 1 aromatic rings. The molecule has 2 N–H and O–H groups in total. The molecule has 1 aromatic heterocycles. The zero-order valence-corrected chi connectivity index (χ0v) is 9.36. The molecule has 2 heterocycles. The second-order valence-corrected chi connectivity index (χ2v) is 4.36. The number of rotatable bonds is 2. The van der Waals surface area contributed by atoms with Crippen LogP contribution in [0.2, 0.25) is 0 Å². The predicted octanol–water partition coefficient (Wildman–Crippen LogP) is 0.512. The minimum Gasteiger partial charge on any atom is -0.339 e. The van der Waals surface area contributed by atoms with Crippen LogP contribution in [0.25, 0.3) is 0 Å². The summed E-state index contributed by atoms with van der Waals surface area (Å²) in [6.45, 7) is 3.89. The van der Waals surface area contributed by atoms with Gasteiger partial charge in [0.1, 0.15) is 0 Å². The normalized spacial score (nSPS) is 28.2. The third-order valence-electron chi connectivity index (χ3n) is 2.93. The van der Waals surface area contributed by atoms with Gasteiger partial charge in [-0.1, -0.05) is 12.1 Å². The largest absolute Gasteiger partial charge is 0.339 e. The quantitative estimate of drug-likeness (QED) is 0.770. The van der Waals surface area contributed by atoms with Gasteiger partial charge >= 0.3 is 0 Å². The van der Waals surface area contributed by atoms with Crippen molar-refractivity contribution < 1.29 is 4.52 Å². The molecule has 0 aromatic carbocycles. The van der Waals surface area contributed by atoms with E-state index in [9.17, 15) is 0 Å². The molecule has 84 valence electrons. The maximum absolute atomic E-state index is 6.31. The lowest BCUT2D eigenvalue weighted by Crippen LogP contribution is -2.51. The first-order chi connectivity index (χ1) is 7.14. The average molecular weight is 210 g/mol. The van der Waals surface area contributed by atoms with Crippen LogP contribution in [0.5, 0.6) is 0 Å². The Kier molecular flexibility index (Phi) is 2.75. The Hall–Kier alpha value is -0.940. The first kappa shape index (κ1) is 10.6. The minimum atomic E-state index is -0.427. The van der Waals surface area contributed by atoms with Crippen LogP contribution in [0.3, 0.4) is 0 Å². The second-order valence-electron chi connectivity index (χ2n) is 4.36. The fraction of sp³-hybridized carbons (Fsp3) is 0.800. The van der Waals surface area contributed by atoms with Gasteiger partial charge in [0.2, 0.25) is 5.89 Å². The van der Waals surface area contributed by atoms with Crippen molar-refractivity contribution in [2.75, 3.05) is 20.1 Å². The van der Waals surface area contributed by atoms with Gasteiger partial charge < -0.3 is 15.2 Å². The van der Waals surface area contributed by atoms with Crippen LogP contribution in [0, 0.1) is 0 Å². The summed E-state index contributed by atoms with van der Waals surface area (Å²) >= 11 is 0. The molecule has 5 heteroatoms. The van der Waals surface area contributed by atoms with Gasteiger partial charge in [-0.2, -0.15) is 4.98 Å². The first-order valence-corrected chi connectivity index (χ1v) is 5.44. The van der Waals surface area contributed by atoms with E-state index in [1.807, 2.05) is 6.92 Å². The molecule has 1 fully saturated rings. The summed E-state index contributed by atoms with van der Waals surface area (Å²) in [5.41, 5.74) is 5.89. The van der Waals surface area contributed by atoms with Gasteiger partial charge in [0.25, 0.3) is 0 Å². The Morgan fingerprint density at radius 2 is 2.40 bits per heavy atom. The van der Waals surface area contributed by atoms with E-state index in [4.69, 9.17) is 10.3 Å². The smallest absolute Gasteiger partial charge is 0.226 e. The van der Waals surface area contributed by atoms with Crippen molar-refractivity contribution in [3.05, 3.63) is 11.7 Å². The Labute approximate surface area is 89.6 Å². The van der Waals surface area contributed by atoms with Gasteiger partial charge in [0.05, 0.1) is 5.54 Å². The highest BCUT2D eigenvalue weighted by Gasteiger charge is 2.36. The lowest BCUT2D eigenvalue weighted by Gasteiger charge is -2.35. The molecule has 15 heavy (non-hydrogen) atoms. The third kappa shape index (κ3) is 2.03. The van der Waals surface area contributed by atoms with E-state index >= 15 is 0 Å². The topological polar surface area (TPSA) is 68.2 Å². The van der Waals surface area contributed by atoms with E-state index in [1.165, 1.54) is 0 Å². The van der Waals surface area contributed by atoms with Gasteiger partial charge in [0, 0.05) is 13.0 Å². The van der Waals surface area contributed by atoms with E-state index in [0.29, 0.717) is 11.7 Å². The highest BCUT2D eigenvalue weighted by atomic mass is 16.5. The Morgan fingerprint density at radius 1 is 1.60 bits per heavy atom. The van der Waals surface area contributed by atoms with Crippen molar-refractivity contribution in [1.82, 2.24) is 15.0 Å². The number of likely N-dealkylation sites (N-methyl/N-ethyl adjacent to an activating group) is 1. The van der Waals surface area contributed by atoms with Crippen LogP contribution in [-0.2, 0) is 12.0 Å². The summed E-state index contributed by atoms with van der Waals surface area (Å²) < 4.78 is 5.11. The fourth-order valence-corrected chi connectivity index (χ4v) is 2.09. The molecule has 1 saturated heterocycles. The SMILES string of the molecule is CCc1nc(C2(N)CCCN(C)C2)no1. The number of piperidine rings is 1. The molecule has 0 spiro atoms. The molecular formula is C10H18N4O. The highest BCUT2D eigenvalue weighted by Crippen LogP contribution is 2.26. The molecule has 0 bridgehead atoms. The van der Waals surface area contributed by atoms with E-state index in [0.717, 1.165) is 32.4 Å². The number of likely N-dealkylation sites (tertiary alicyclic amines) is 1. The van der Waals surface area contributed by atoms with E-state index in [-0.39, 0.29) is 0 Å². The second kappa shape index (κ2) is 3.90. The Balaban J connectivity index is 2.20. The molecule has 0 amide bonds. The zero-order chi connectivity index (χ0) is 10.9. The van der Waals surface area contributed by atoms with Crippen molar-refractivity contribution in [3.8, 4) is 0 Å². The molecule has 1 atom stereocenters. The van der Waals surface area contributed by atoms with Gasteiger partial charge in [-0.25, -0.2) is 0 Å². The molecular weight excluding hydrogens is 192 g/mol. The highest BCUT2D eigenvalue weighted by molar-refractivity contribution is 5.07. The van der Waals surface area contributed by atoms with E-state index in [2.05, 4.69) is 22.1 Å². The molecule has 2 rings (SSSR count). The van der Waals surface area contributed by atoms with Gasteiger partial charge in [-0.3, -0.25) is 0 Å². The van der Waals surface area contributed by atoms with Gasteiger partial charge in [-0.05, 0) is 26.4 Å². The lowest BCUT2D eigenvalue weighted by molar-refractivity contribution is 0.169. The van der Waals surface area contributed by atoms with Crippen LogP contribution in [0.15, 0.2) is 4.52 Å². The van der Waals surface area contributed by atoms with E-state index in [1.54, 1.807) is 0 Å². The predicted molar refractivity (Wildman–Crippen MR) is 56.3 cm³/mol. The van der Waals surface area contributed by atoms with Crippen LogP contribution in [0.4, 0.5) is 0 Å². The molecule has 1 unspecified atom stereocenters. The molecule has 0 saturated carbocycles. The zero-order valence-electron chi connectivity index (χ0n) is 9.36. The molecule has 5 nitrogen and oxygen atoms in total. The van der Waals surface area contributed by atoms with Crippen LogP contribution < -0.4 is 5.73 Å². The fourth-order valence-electron chi connectivity index (χ4n) is 2.09. The van der Waals surface area contributed by atoms with E-state index < -0.39 is 5.54 Å². The van der Waals surface area contributed by atoms with Crippen molar-refractivity contribution >= 4 is 0 Å².